The van der Waals surface area contributed by atoms with Crippen LogP contribution in [0.4, 0.5) is 0 Å². The fourth-order valence-electron chi connectivity index (χ4n) is 3.85. The molecule has 0 bridgehead atoms. The van der Waals surface area contributed by atoms with Crippen LogP contribution >= 0.6 is 0 Å². The molecule has 134 valence electrons. The van der Waals surface area contributed by atoms with Crippen LogP contribution in [0.25, 0.3) is 22.2 Å². The van der Waals surface area contributed by atoms with Crippen molar-refractivity contribution in [1.29, 1.82) is 0 Å². The Kier molecular flexibility index (Phi) is 4.60. The van der Waals surface area contributed by atoms with Crippen LogP contribution < -0.4 is 0 Å². The van der Waals surface area contributed by atoms with Gasteiger partial charge in [-0.3, -0.25) is 4.79 Å². The first-order valence-electron chi connectivity index (χ1n) is 9.44. The van der Waals surface area contributed by atoms with E-state index in [2.05, 4.69) is 35.0 Å². The highest BCUT2D eigenvalue weighted by atomic mass is 16.1. The Morgan fingerprint density at radius 3 is 2.85 bits per heavy atom. The molecule has 1 unspecified atom stereocenters. The summed E-state index contributed by atoms with van der Waals surface area (Å²) in [6.45, 7) is 6.18. The van der Waals surface area contributed by atoms with Crippen LogP contribution in [0.5, 0.6) is 0 Å². The second kappa shape index (κ2) is 7.04. The maximum absolute atomic E-state index is 11.6. The quantitative estimate of drug-likeness (QED) is 0.693. The Morgan fingerprint density at radius 2 is 2.08 bits per heavy atom. The molecule has 0 radical (unpaired) electrons. The summed E-state index contributed by atoms with van der Waals surface area (Å²) in [6.07, 6.45) is 3.57. The van der Waals surface area contributed by atoms with Crippen LogP contribution in [0.2, 0.25) is 0 Å². The molecule has 3 aromatic rings. The molecule has 1 atom stereocenters. The van der Waals surface area contributed by atoms with Gasteiger partial charge in [-0.05, 0) is 62.6 Å². The Labute approximate surface area is 154 Å². The standard InChI is InChI=1S/C22H25N3O/c1-15-5-4-11-25(15)12-10-22-23-20-9-8-19(14-21(20)24-22)18-7-3-6-17(13-18)16(2)26/h3,6-9,13-15H,4-5,10-12H2,1-2H3,(H,23,24). The molecule has 1 saturated heterocycles. The van der Waals surface area contributed by atoms with Crippen LogP contribution in [0.1, 0.15) is 42.9 Å². The molecule has 0 aliphatic carbocycles. The Bertz CT molecular complexity index is 943. The minimum absolute atomic E-state index is 0.0890. The third kappa shape index (κ3) is 3.42. The Balaban J connectivity index is 1.56. The molecular formula is C22H25N3O. The molecule has 0 spiro atoms. The molecule has 1 fully saturated rings. The van der Waals surface area contributed by atoms with E-state index in [9.17, 15) is 4.79 Å². The summed E-state index contributed by atoms with van der Waals surface area (Å²) >= 11 is 0. The Morgan fingerprint density at radius 1 is 1.23 bits per heavy atom. The molecule has 2 aromatic carbocycles. The van der Waals surface area contributed by atoms with Gasteiger partial charge in [0.1, 0.15) is 5.82 Å². The molecule has 1 N–H and O–H groups in total. The van der Waals surface area contributed by atoms with E-state index in [1.807, 2.05) is 24.3 Å². The van der Waals surface area contributed by atoms with Gasteiger partial charge in [0.05, 0.1) is 11.0 Å². The van der Waals surface area contributed by atoms with Gasteiger partial charge in [0.2, 0.25) is 0 Å². The van der Waals surface area contributed by atoms with E-state index in [0.717, 1.165) is 46.5 Å². The van der Waals surface area contributed by atoms with E-state index < -0.39 is 0 Å². The van der Waals surface area contributed by atoms with Gasteiger partial charge >= 0.3 is 0 Å². The highest BCUT2D eigenvalue weighted by Crippen LogP contribution is 2.25. The molecule has 0 saturated carbocycles. The number of imidazole rings is 1. The lowest BCUT2D eigenvalue weighted by Gasteiger charge is -2.19. The maximum atomic E-state index is 11.6. The molecule has 1 aromatic heterocycles. The van der Waals surface area contributed by atoms with E-state index in [-0.39, 0.29) is 5.78 Å². The van der Waals surface area contributed by atoms with Crippen molar-refractivity contribution in [3.63, 3.8) is 0 Å². The topological polar surface area (TPSA) is 49.0 Å². The van der Waals surface area contributed by atoms with Crippen molar-refractivity contribution in [2.75, 3.05) is 13.1 Å². The van der Waals surface area contributed by atoms with Gasteiger partial charge in [0.15, 0.2) is 5.78 Å². The molecule has 1 aliphatic rings. The predicted octanol–water partition coefficient (Wildman–Crippen LogP) is 4.46. The number of hydrogen-bond donors (Lipinski definition) is 1. The van der Waals surface area contributed by atoms with Crippen molar-refractivity contribution in [2.24, 2.45) is 0 Å². The number of nitrogens with one attached hydrogen (secondary N) is 1. The first kappa shape index (κ1) is 17.0. The van der Waals surface area contributed by atoms with Crippen molar-refractivity contribution >= 4 is 16.8 Å². The molecule has 26 heavy (non-hydrogen) atoms. The second-order valence-electron chi connectivity index (χ2n) is 7.33. The van der Waals surface area contributed by atoms with Gasteiger partial charge in [-0.2, -0.15) is 0 Å². The van der Waals surface area contributed by atoms with Crippen LogP contribution in [-0.4, -0.2) is 39.8 Å². The minimum atomic E-state index is 0.0890. The average Bonchev–Trinajstić information content (AvgIpc) is 3.24. The zero-order chi connectivity index (χ0) is 18.1. The summed E-state index contributed by atoms with van der Waals surface area (Å²) in [5, 5.41) is 0. The zero-order valence-electron chi connectivity index (χ0n) is 15.5. The summed E-state index contributed by atoms with van der Waals surface area (Å²) in [6, 6.07) is 14.8. The summed E-state index contributed by atoms with van der Waals surface area (Å²) in [4.78, 5) is 22.4. The van der Waals surface area contributed by atoms with Gasteiger partial charge in [0.25, 0.3) is 0 Å². The van der Waals surface area contributed by atoms with Gasteiger partial charge in [-0.1, -0.05) is 24.3 Å². The number of aromatic amines is 1. The summed E-state index contributed by atoms with van der Waals surface area (Å²) in [5.41, 5.74) is 4.94. The number of Topliss-reactive ketones (excluding diaryl/α,β-unsaturated/α-hetero) is 1. The largest absolute Gasteiger partial charge is 0.342 e. The van der Waals surface area contributed by atoms with E-state index in [1.54, 1.807) is 6.92 Å². The van der Waals surface area contributed by atoms with Gasteiger partial charge in [-0.25, -0.2) is 4.98 Å². The lowest BCUT2D eigenvalue weighted by Crippen LogP contribution is -2.29. The number of carbonyl (C=O) groups excluding carboxylic acids is 1. The third-order valence-corrected chi connectivity index (χ3v) is 5.46. The number of nitrogens with zero attached hydrogens (tertiary/aromatic N) is 2. The van der Waals surface area contributed by atoms with Crippen molar-refractivity contribution < 1.29 is 4.79 Å². The van der Waals surface area contributed by atoms with Crippen LogP contribution in [-0.2, 0) is 6.42 Å². The minimum Gasteiger partial charge on any atom is -0.342 e. The molecule has 4 nitrogen and oxygen atoms in total. The second-order valence-corrected chi connectivity index (χ2v) is 7.33. The number of likely N-dealkylation sites (tertiary alicyclic amines) is 1. The summed E-state index contributed by atoms with van der Waals surface area (Å²) < 4.78 is 0. The number of ketones is 1. The van der Waals surface area contributed by atoms with Crippen LogP contribution in [0.3, 0.4) is 0 Å². The number of benzene rings is 2. The van der Waals surface area contributed by atoms with Crippen molar-refractivity contribution in [3.8, 4) is 11.1 Å². The molecule has 0 amide bonds. The fraction of sp³-hybridized carbons (Fsp3) is 0.364. The van der Waals surface area contributed by atoms with E-state index >= 15 is 0 Å². The smallest absolute Gasteiger partial charge is 0.159 e. The number of aromatic nitrogens is 2. The van der Waals surface area contributed by atoms with Crippen LogP contribution in [0, 0.1) is 0 Å². The molecule has 1 aliphatic heterocycles. The van der Waals surface area contributed by atoms with E-state index in [1.165, 1.54) is 19.4 Å². The average molecular weight is 347 g/mol. The number of rotatable bonds is 5. The lowest BCUT2D eigenvalue weighted by atomic mass is 10.0. The van der Waals surface area contributed by atoms with Crippen molar-refractivity contribution in [2.45, 2.75) is 39.2 Å². The molecular weight excluding hydrogens is 322 g/mol. The van der Waals surface area contributed by atoms with Gasteiger partial charge < -0.3 is 9.88 Å². The van der Waals surface area contributed by atoms with Crippen LogP contribution in [0.15, 0.2) is 42.5 Å². The van der Waals surface area contributed by atoms with E-state index in [0.29, 0.717) is 6.04 Å². The zero-order valence-corrected chi connectivity index (χ0v) is 15.5. The van der Waals surface area contributed by atoms with E-state index in [4.69, 9.17) is 4.98 Å². The first-order chi connectivity index (χ1) is 12.6. The van der Waals surface area contributed by atoms with Gasteiger partial charge in [-0.15, -0.1) is 0 Å². The third-order valence-electron chi connectivity index (χ3n) is 5.46. The van der Waals surface area contributed by atoms with Gasteiger partial charge in [0, 0.05) is 24.6 Å². The number of hydrogen-bond acceptors (Lipinski definition) is 3. The molecule has 4 rings (SSSR count). The lowest BCUT2D eigenvalue weighted by molar-refractivity contribution is 0.101. The monoisotopic (exact) mass is 347 g/mol. The first-order valence-corrected chi connectivity index (χ1v) is 9.44. The highest BCUT2D eigenvalue weighted by molar-refractivity contribution is 5.95. The number of H-pyrrole nitrogens is 1. The predicted molar refractivity (Wildman–Crippen MR) is 106 cm³/mol. The SMILES string of the molecule is CC(=O)c1cccc(-c2ccc3[nH]c(CCN4CCCC4C)nc3c2)c1. The Hall–Kier alpha value is -2.46. The summed E-state index contributed by atoms with van der Waals surface area (Å²) in [7, 11) is 0. The fourth-order valence-corrected chi connectivity index (χ4v) is 3.85. The molecule has 4 heteroatoms. The van der Waals surface area contributed by atoms with Crippen molar-refractivity contribution in [3.05, 3.63) is 53.9 Å². The normalized spacial score (nSPS) is 17.8. The highest BCUT2D eigenvalue weighted by Gasteiger charge is 2.19. The number of carbonyl (C=O) groups is 1. The summed E-state index contributed by atoms with van der Waals surface area (Å²) in [5.74, 6) is 1.14. The molecule has 2 heterocycles. The number of fused-ring (bicyclic) bond motifs is 1. The maximum Gasteiger partial charge on any atom is 0.159 e. The van der Waals surface area contributed by atoms with Crippen molar-refractivity contribution in [1.82, 2.24) is 14.9 Å².